The number of anilines is 2. The van der Waals surface area contributed by atoms with Crippen molar-refractivity contribution >= 4 is 28.6 Å². The summed E-state index contributed by atoms with van der Waals surface area (Å²) in [7, 11) is 0. The van der Waals surface area contributed by atoms with Gasteiger partial charge in [0.1, 0.15) is 5.52 Å². The molecule has 2 aromatic heterocycles. The highest BCUT2D eigenvalue weighted by Gasteiger charge is 2.20. The summed E-state index contributed by atoms with van der Waals surface area (Å²) in [6, 6.07) is 15.5. The average molecular weight is 573 g/mol. The molecule has 1 fully saturated rings. The summed E-state index contributed by atoms with van der Waals surface area (Å²) in [6.07, 6.45) is 5.11. The number of likely N-dealkylation sites (tertiary alicyclic amines) is 1. The van der Waals surface area contributed by atoms with Gasteiger partial charge >= 0.3 is 11.7 Å². The van der Waals surface area contributed by atoms with Crippen LogP contribution in [0.25, 0.3) is 11.2 Å². The number of imidazole rings is 1. The first-order valence-corrected chi connectivity index (χ1v) is 14.7. The zero-order valence-corrected chi connectivity index (χ0v) is 24.1. The van der Waals surface area contributed by atoms with Crippen molar-refractivity contribution in [2.75, 3.05) is 37.7 Å². The van der Waals surface area contributed by atoms with E-state index in [4.69, 9.17) is 16.2 Å². The van der Waals surface area contributed by atoms with Crippen LogP contribution in [-0.4, -0.2) is 56.6 Å². The van der Waals surface area contributed by atoms with Crippen molar-refractivity contribution in [2.24, 2.45) is 5.92 Å². The second kappa shape index (κ2) is 13.5. The summed E-state index contributed by atoms with van der Waals surface area (Å²) in [5.41, 5.74) is 15.9. The van der Waals surface area contributed by atoms with Gasteiger partial charge in [-0.25, -0.2) is 4.79 Å². The number of H-pyrrole nitrogens is 1. The number of benzene rings is 2. The van der Waals surface area contributed by atoms with E-state index in [1.165, 1.54) is 5.56 Å². The molecule has 0 unspecified atom stereocenters. The normalized spacial score (nSPS) is 14.3. The Morgan fingerprint density at radius 1 is 1.02 bits per heavy atom. The zero-order valence-electron chi connectivity index (χ0n) is 24.1. The summed E-state index contributed by atoms with van der Waals surface area (Å²) < 4.78 is 7.20. The van der Waals surface area contributed by atoms with Crippen LogP contribution < -0.4 is 27.2 Å². The number of aromatic amines is 1. The fourth-order valence-corrected chi connectivity index (χ4v) is 5.30. The summed E-state index contributed by atoms with van der Waals surface area (Å²) in [5, 5.41) is 3.03. The number of carbonyl (C=O) groups excluding carboxylic acids is 1. The van der Waals surface area contributed by atoms with Crippen molar-refractivity contribution in [2.45, 2.75) is 52.1 Å². The molecule has 0 atom stereocenters. The quantitative estimate of drug-likeness (QED) is 0.148. The maximum Gasteiger partial charge on any atom is 0.328 e. The number of nitrogen functional groups attached to an aromatic ring is 2. The molecule has 3 heterocycles. The van der Waals surface area contributed by atoms with Crippen molar-refractivity contribution in [1.29, 1.82) is 0 Å². The minimum atomic E-state index is -0.284. The molecule has 0 aliphatic carbocycles. The maximum atomic E-state index is 12.7. The molecule has 6 N–H and O–H groups in total. The van der Waals surface area contributed by atoms with Gasteiger partial charge in [-0.2, -0.15) is 9.97 Å². The highest BCUT2D eigenvalue weighted by atomic mass is 16.5. The standard InChI is InChI=1S/C31H40N8O3/c1-2-3-18-42-30-36-27(33)26-28(37-30)39(31(41)35-26)20-23-6-4-22(5-7-23)19-38-16-13-21(14-17-38)12-15-34-29(40)24-8-10-25(32)11-9-24/h4-11,21H,2-3,12-20,32H2,1H3,(H,34,40)(H,35,41)(H2,33,36,37). The third-order valence-corrected chi connectivity index (χ3v) is 7.85. The van der Waals surface area contributed by atoms with Crippen LogP contribution in [0.4, 0.5) is 11.5 Å². The number of ether oxygens (including phenoxy) is 1. The van der Waals surface area contributed by atoms with Gasteiger partial charge in [-0.15, -0.1) is 0 Å². The number of aromatic nitrogens is 4. The Kier molecular flexibility index (Phi) is 9.38. The Bertz CT molecular complexity index is 1540. The second-order valence-electron chi connectivity index (χ2n) is 11.0. The van der Waals surface area contributed by atoms with E-state index in [1.807, 2.05) is 0 Å². The molecule has 0 radical (unpaired) electrons. The molecule has 11 heteroatoms. The molecule has 11 nitrogen and oxygen atoms in total. The van der Waals surface area contributed by atoms with Crippen molar-refractivity contribution in [3.63, 3.8) is 0 Å². The van der Waals surface area contributed by atoms with Crippen LogP contribution >= 0.6 is 0 Å². The van der Waals surface area contributed by atoms with Crippen molar-refractivity contribution in [3.05, 3.63) is 75.7 Å². The van der Waals surface area contributed by atoms with E-state index in [0.717, 1.165) is 57.3 Å². The van der Waals surface area contributed by atoms with Gasteiger partial charge < -0.3 is 26.5 Å². The molecule has 1 aliphatic rings. The number of unbranched alkanes of at least 4 members (excludes halogenated alkanes) is 1. The minimum Gasteiger partial charge on any atom is -0.463 e. The largest absolute Gasteiger partial charge is 0.463 e. The molecular weight excluding hydrogens is 532 g/mol. The Balaban J connectivity index is 1.10. The topological polar surface area (TPSA) is 157 Å². The lowest BCUT2D eigenvalue weighted by Crippen LogP contribution is -2.34. The molecule has 1 amide bonds. The third-order valence-electron chi connectivity index (χ3n) is 7.85. The number of amides is 1. The first-order valence-electron chi connectivity index (χ1n) is 14.7. The highest BCUT2D eigenvalue weighted by Crippen LogP contribution is 2.22. The zero-order chi connectivity index (χ0) is 29.5. The van der Waals surface area contributed by atoms with E-state index < -0.39 is 0 Å². The van der Waals surface area contributed by atoms with Crippen LogP contribution in [0.15, 0.2) is 53.3 Å². The number of rotatable bonds is 12. The van der Waals surface area contributed by atoms with E-state index in [2.05, 4.69) is 56.4 Å². The lowest BCUT2D eigenvalue weighted by Gasteiger charge is -2.32. The molecule has 1 aliphatic heterocycles. The van der Waals surface area contributed by atoms with Gasteiger partial charge in [-0.1, -0.05) is 37.6 Å². The van der Waals surface area contributed by atoms with Crippen LogP contribution in [-0.2, 0) is 13.1 Å². The first-order chi connectivity index (χ1) is 20.4. The summed E-state index contributed by atoms with van der Waals surface area (Å²) in [6.45, 7) is 6.58. The summed E-state index contributed by atoms with van der Waals surface area (Å²) in [4.78, 5) is 38.9. The van der Waals surface area contributed by atoms with Gasteiger partial charge in [0.15, 0.2) is 11.5 Å². The minimum absolute atomic E-state index is 0.0518. The number of carbonyl (C=O) groups is 1. The monoisotopic (exact) mass is 572 g/mol. The summed E-state index contributed by atoms with van der Waals surface area (Å²) >= 11 is 0. The second-order valence-corrected chi connectivity index (χ2v) is 11.0. The first kappa shape index (κ1) is 29.1. The predicted octanol–water partition coefficient (Wildman–Crippen LogP) is 3.54. The van der Waals surface area contributed by atoms with E-state index in [-0.39, 0.29) is 23.4 Å². The van der Waals surface area contributed by atoms with Crippen LogP contribution in [0.5, 0.6) is 6.01 Å². The Hall–Kier alpha value is -4.38. The molecular formula is C31H40N8O3. The van der Waals surface area contributed by atoms with E-state index in [0.29, 0.717) is 48.0 Å². The number of nitrogens with one attached hydrogen (secondary N) is 2. The average Bonchev–Trinajstić information content (AvgIpc) is 3.30. The molecule has 0 bridgehead atoms. The third kappa shape index (κ3) is 7.27. The highest BCUT2D eigenvalue weighted by molar-refractivity contribution is 5.94. The van der Waals surface area contributed by atoms with Gasteiger partial charge in [0, 0.05) is 24.3 Å². The van der Waals surface area contributed by atoms with Gasteiger partial charge in [-0.05, 0) is 80.1 Å². The van der Waals surface area contributed by atoms with Crippen molar-refractivity contribution in [3.8, 4) is 6.01 Å². The molecule has 0 saturated carbocycles. The molecule has 4 aromatic rings. The van der Waals surface area contributed by atoms with E-state index in [9.17, 15) is 9.59 Å². The fraction of sp³-hybridized carbons (Fsp3) is 0.419. The Morgan fingerprint density at radius 2 is 1.71 bits per heavy atom. The number of piperidine rings is 1. The van der Waals surface area contributed by atoms with Crippen LogP contribution in [0.1, 0.15) is 60.5 Å². The smallest absolute Gasteiger partial charge is 0.328 e. The molecule has 1 saturated heterocycles. The summed E-state index contributed by atoms with van der Waals surface area (Å²) in [5.74, 6) is 0.758. The maximum absolute atomic E-state index is 12.7. The Morgan fingerprint density at radius 3 is 2.40 bits per heavy atom. The lowest BCUT2D eigenvalue weighted by atomic mass is 9.93. The predicted molar refractivity (Wildman–Crippen MR) is 164 cm³/mol. The number of hydrogen-bond donors (Lipinski definition) is 4. The van der Waals surface area contributed by atoms with Gasteiger partial charge in [0.2, 0.25) is 0 Å². The molecule has 42 heavy (non-hydrogen) atoms. The number of nitrogens with zero attached hydrogens (tertiary/aromatic N) is 4. The van der Waals surface area contributed by atoms with E-state index in [1.54, 1.807) is 28.8 Å². The van der Waals surface area contributed by atoms with Gasteiger partial charge in [0.25, 0.3) is 5.91 Å². The van der Waals surface area contributed by atoms with Gasteiger partial charge in [0.05, 0.1) is 13.2 Å². The number of hydrogen-bond acceptors (Lipinski definition) is 8. The van der Waals surface area contributed by atoms with Crippen LogP contribution in [0, 0.1) is 5.92 Å². The van der Waals surface area contributed by atoms with Crippen molar-refractivity contribution < 1.29 is 9.53 Å². The lowest BCUT2D eigenvalue weighted by molar-refractivity contribution is 0.0947. The van der Waals surface area contributed by atoms with Crippen molar-refractivity contribution in [1.82, 2.24) is 29.7 Å². The molecule has 5 rings (SSSR count). The molecule has 0 spiro atoms. The SMILES string of the molecule is CCCCOc1nc(N)c2[nH]c(=O)n(Cc3ccc(CN4CCC(CCNC(=O)c5ccc(N)cc5)CC4)cc3)c2n1. The molecule has 2 aromatic carbocycles. The van der Waals surface area contributed by atoms with Crippen LogP contribution in [0.3, 0.4) is 0 Å². The van der Waals surface area contributed by atoms with Crippen LogP contribution in [0.2, 0.25) is 0 Å². The fourth-order valence-electron chi connectivity index (χ4n) is 5.30. The van der Waals surface area contributed by atoms with Gasteiger partial charge in [-0.3, -0.25) is 14.3 Å². The van der Waals surface area contributed by atoms with E-state index >= 15 is 0 Å². The number of nitrogens with two attached hydrogens (primary N) is 2. The molecule has 222 valence electrons. The number of fused-ring (bicyclic) bond motifs is 1. The Labute approximate surface area is 245 Å².